The fourth-order valence-corrected chi connectivity index (χ4v) is 1.73. The van der Waals surface area contributed by atoms with E-state index in [0.717, 1.165) is 25.6 Å². The SMILES string of the molecule is CC(C)CCCOC(CNCC(C)C)C(C)C. The number of hydrogen-bond donors (Lipinski definition) is 1. The molecule has 0 heterocycles. The molecule has 0 aliphatic heterocycles. The molecule has 0 saturated heterocycles. The fourth-order valence-electron chi connectivity index (χ4n) is 1.73. The van der Waals surface area contributed by atoms with Crippen LogP contribution < -0.4 is 5.32 Å². The van der Waals surface area contributed by atoms with Crippen molar-refractivity contribution in [1.29, 1.82) is 0 Å². The predicted octanol–water partition coefficient (Wildman–Crippen LogP) is 3.71. The van der Waals surface area contributed by atoms with Gasteiger partial charge in [0.05, 0.1) is 6.10 Å². The van der Waals surface area contributed by atoms with Gasteiger partial charge in [0.2, 0.25) is 0 Å². The van der Waals surface area contributed by atoms with Crippen LogP contribution >= 0.6 is 0 Å². The molecule has 104 valence electrons. The Morgan fingerprint density at radius 2 is 1.53 bits per heavy atom. The molecule has 0 rings (SSSR count). The molecule has 0 radical (unpaired) electrons. The Morgan fingerprint density at radius 1 is 0.882 bits per heavy atom. The average molecular weight is 243 g/mol. The van der Waals surface area contributed by atoms with Crippen LogP contribution in [0.5, 0.6) is 0 Å². The molecule has 0 aromatic rings. The van der Waals surface area contributed by atoms with Gasteiger partial charge in [-0.3, -0.25) is 0 Å². The highest BCUT2D eigenvalue weighted by Gasteiger charge is 2.13. The van der Waals surface area contributed by atoms with E-state index < -0.39 is 0 Å². The number of hydrogen-bond acceptors (Lipinski definition) is 2. The van der Waals surface area contributed by atoms with Crippen LogP contribution in [0.15, 0.2) is 0 Å². The number of rotatable bonds is 10. The Balaban J connectivity index is 3.67. The summed E-state index contributed by atoms with van der Waals surface area (Å²) in [6.07, 6.45) is 2.82. The lowest BCUT2D eigenvalue weighted by atomic mass is 10.1. The second kappa shape index (κ2) is 9.90. The van der Waals surface area contributed by atoms with Crippen LogP contribution in [-0.4, -0.2) is 25.8 Å². The first-order valence-electron chi connectivity index (χ1n) is 7.25. The molecule has 0 aliphatic carbocycles. The number of ether oxygens (including phenoxy) is 1. The van der Waals surface area contributed by atoms with Gasteiger partial charge in [0.15, 0.2) is 0 Å². The first-order chi connectivity index (χ1) is 7.93. The van der Waals surface area contributed by atoms with Crippen LogP contribution in [0.1, 0.15) is 54.4 Å². The van der Waals surface area contributed by atoms with E-state index in [0.29, 0.717) is 17.9 Å². The molecule has 1 N–H and O–H groups in total. The normalized spacial score (nSPS) is 13.9. The summed E-state index contributed by atoms with van der Waals surface area (Å²) in [6.45, 7) is 16.5. The van der Waals surface area contributed by atoms with Gasteiger partial charge < -0.3 is 10.1 Å². The third-order valence-electron chi connectivity index (χ3n) is 2.90. The second-order valence-corrected chi connectivity index (χ2v) is 6.24. The van der Waals surface area contributed by atoms with Crippen LogP contribution in [0, 0.1) is 17.8 Å². The van der Waals surface area contributed by atoms with Gasteiger partial charge in [-0.25, -0.2) is 0 Å². The standard InChI is InChI=1S/C15H33NO/c1-12(2)8-7-9-17-15(14(5)6)11-16-10-13(3)4/h12-16H,7-11H2,1-6H3. The van der Waals surface area contributed by atoms with Gasteiger partial charge in [0.1, 0.15) is 0 Å². The zero-order chi connectivity index (χ0) is 13.3. The van der Waals surface area contributed by atoms with E-state index in [1.807, 2.05) is 0 Å². The third kappa shape index (κ3) is 10.8. The first kappa shape index (κ1) is 16.9. The summed E-state index contributed by atoms with van der Waals surface area (Å²) in [5.41, 5.74) is 0. The Bertz CT molecular complexity index is 166. The summed E-state index contributed by atoms with van der Waals surface area (Å²) in [5.74, 6) is 2.09. The minimum Gasteiger partial charge on any atom is -0.377 e. The number of nitrogens with one attached hydrogen (secondary N) is 1. The Kier molecular flexibility index (Phi) is 9.85. The van der Waals surface area contributed by atoms with E-state index in [4.69, 9.17) is 4.74 Å². The van der Waals surface area contributed by atoms with Crippen molar-refractivity contribution < 1.29 is 4.74 Å². The molecular formula is C15H33NO. The molecule has 2 nitrogen and oxygen atoms in total. The summed E-state index contributed by atoms with van der Waals surface area (Å²) in [6, 6.07) is 0. The van der Waals surface area contributed by atoms with Crippen molar-refractivity contribution in [2.75, 3.05) is 19.7 Å². The van der Waals surface area contributed by atoms with Crippen LogP contribution in [0.4, 0.5) is 0 Å². The molecule has 0 bridgehead atoms. The molecule has 0 fully saturated rings. The van der Waals surface area contributed by atoms with E-state index >= 15 is 0 Å². The van der Waals surface area contributed by atoms with E-state index in [-0.39, 0.29) is 0 Å². The van der Waals surface area contributed by atoms with Crippen molar-refractivity contribution in [3.8, 4) is 0 Å². The van der Waals surface area contributed by atoms with Gasteiger partial charge in [-0.2, -0.15) is 0 Å². The quantitative estimate of drug-likeness (QED) is 0.591. The van der Waals surface area contributed by atoms with E-state index in [1.165, 1.54) is 12.8 Å². The lowest BCUT2D eigenvalue weighted by molar-refractivity contribution is 0.0196. The second-order valence-electron chi connectivity index (χ2n) is 6.24. The lowest BCUT2D eigenvalue weighted by Gasteiger charge is -2.23. The van der Waals surface area contributed by atoms with Gasteiger partial charge >= 0.3 is 0 Å². The molecular weight excluding hydrogens is 210 g/mol. The Morgan fingerprint density at radius 3 is 2.00 bits per heavy atom. The molecule has 0 aliphatic rings. The monoisotopic (exact) mass is 243 g/mol. The van der Waals surface area contributed by atoms with Gasteiger partial charge in [0.25, 0.3) is 0 Å². The highest BCUT2D eigenvalue weighted by atomic mass is 16.5. The van der Waals surface area contributed by atoms with Crippen molar-refractivity contribution >= 4 is 0 Å². The maximum absolute atomic E-state index is 5.97. The highest BCUT2D eigenvalue weighted by Crippen LogP contribution is 2.09. The summed E-state index contributed by atoms with van der Waals surface area (Å²) in [7, 11) is 0. The van der Waals surface area contributed by atoms with Crippen molar-refractivity contribution in [2.45, 2.75) is 60.5 Å². The zero-order valence-electron chi connectivity index (χ0n) is 12.8. The van der Waals surface area contributed by atoms with Crippen molar-refractivity contribution in [2.24, 2.45) is 17.8 Å². The topological polar surface area (TPSA) is 21.3 Å². The van der Waals surface area contributed by atoms with Crippen molar-refractivity contribution in [3.05, 3.63) is 0 Å². The Labute approximate surface area is 109 Å². The summed E-state index contributed by atoms with van der Waals surface area (Å²) in [5, 5.41) is 3.49. The molecule has 1 atom stereocenters. The summed E-state index contributed by atoms with van der Waals surface area (Å²) >= 11 is 0. The van der Waals surface area contributed by atoms with E-state index in [9.17, 15) is 0 Å². The van der Waals surface area contributed by atoms with Gasteiger partial charge in [-0.1, -0.05) is 41.5 Å². The summed E-state index contributed by atoms with van der Waals surface area (Å²) in [4.78, 5) is 0. The zero-order valence-corrected chi connectivity index (χ0v) is 12.8. The molecule has 0 aromatic heterocycles. The lowest BCUT2D eigenvalue weighted by Crippen LogP contribution is -2.35. The van der Waals surface area contributed by atoms with Crippen LogP contribution in [0.25, 0.3) is 0 Å². The Hall–Kier alpha value is -0.0800. The van der Waals surface area contributed by atoms with Crippen molar-refractivity contribution in [3.63, 3.8) is 0 Å². The maximum atomic E-state index is 5.97. The minimum absolute atomic E-state index is 0.362. The molecule has 0 spiro atoms. The first-order valence-corrected chi connectivity index (χ1v) is 7.25. The molecule has 17 heavy (non-hydrogen) atoms. The van der Waals surface area contributed by atoms with Crippen molar-refractivity contribution in [1.82, 2.24) is 5.32 Å². The highest BCUT2D eigenvalue weighted by molar-refractivity contribution is 4.66. The summed E-state index contributed by atoms with van der Waals surface area (Å²) < 4.78 is 5.97. The van der Waals surface area contributed by atoms with Gasteiger partial charge in [-0.05, 0) is 37.1 Å². The fraction of sp³-hybridized carbons (Fsp3) is 1.00. The van der Waals surface area contributed by atoms with Gasteiger partial charge in [0, 0.05) is 13.2 Å². The third-order valence-corrected chi connectivity index (χ3v) is 2.90. The van der Waals surface area contributed by atoms with E-state index in [1.54, 1.807) is 0 Å². The molecule has 0 amide bonds. The predicted molar refractivity (Wildman–Crippen MR) is 76.4 cm³/mol. The largest absolute Gasteiger partial charge is 0.377 e. The van der Waals surface area contributed by atoms with Crippen LogP contribution in [-0.2, 0) is 4.74 Å². The van der Waals surface area contributed by atoms with Gasteiger partial charge in [-0.15, -0.1) is 0 Å². The maximum Gasteiger partial charge on any atom is 0.0722 e. The van der Waals surface area contributed by atoms with Crippen LogP contribution in [0.3, 0.4) is 0 Å². The molecule has 2 heteroatoms. The average Bonchev–Trinajstić information content (AvgIpc) is 2.20. The molecule has 0 aromatic carbocycles. The smallest absolute Gasteiger partial charge is 0.0722 e. The van der Waals surface area contributed by atoms with E-state index in [2.05, 4.69) is 46.9 Å². The molecule has 0 saturated carbocycles. The van der Waals surface area contributed by atoms with Crippen LogP contribution in [0.2, 0.25) is 0 Å². The molecule has 1 unspecified atom stereocenters. The minimum atomic E-state index is 0.362.